The molecular formula is C20H19ClF2N4O. The van der Waals surface area contributed by atoms with Crippen molar-refractivity contribution < 1.29 is 8.78 Å². The molecule has 146 valence electrons. The molecule has 28 heavy (non-hydrogen) atoms. The molecule has 0 unspecified atom stereocenters. The van der Waals surface area contributed by atoms with E-state index in [4.69, 9.17) is 11.6 Å². The fourth-order valence-corrected chi connectivity index (χ4v) is 3.71. The molecule has 0 atom stereocenters. The number of halogens is 3. The number of aromatic nitrogens is 2. The molecule has 0 saturated carbocycles. The molecule has 0 bridgehead atoms. The third-order valence-corrected chi connectivity index (χ3v) is 5.37. The van der Waals surface area contributed by atoms with Crippen LogP contribution in [0.1, 0.15) is 5.56 Å². The van der Waals surface area contributed by atoms with Gasteiger partial charge in [-0.3, -0.25) is 9.69 Å². The summed E-state index contributed by atoms with van der Waals surface area (Å²) >= 11 is 6.07. The molecule has 8 heteroatoms. The molecule has 5 nitrogen and oxygen atoms in total. The first-order chi connectivity index (χ1) is 13.4. The molecule has 0 aliphatic carbocycles. The molecule has 0 spiro atoms. The summed E-state index contributed by atoms with van der Waals surface area (Å²) < 4.78 is 28.5. The van der Waals surface area contributed by atoms with Crippen LogP contribution >= 0.6 is 11.6 Å². The van der Waals surface area contributed by atoms with Gasteiger partial charge >= 0.3 is 0 Å². The Morgan fingerprint density at radius 3 is 2.54 bits per heavy atom. The monoisotopic (exact) mass is 404 g/mol. The molecule has 1 aromatic carbocycles. The van der Waals surface area contributed by atoms with Gasteiger partial charge in [0.1, 0.15) is 22.3 Å². The number of nitrogens with zero attached hydrogens (tertiary/aromatic N) is 4. The molecule has 1 saturated heterocycles. The van der Waals surface area contributed by atoms with Crippen LogP contribution in [0.4, 0.5) is 14.5 Å². The van der Waals surface area contributed by atoms with E-state index in [1.54, 1.807) is 29.8 Å². The Kier molecular flexibility index (Phi) is 5.03. The van der Waals surface area contributed by atoms with Gasteiger partial charge in [0.25, 0.3) is 5.56 Å². The van der Waals surface area contributed by atoms with Crippen LogP contribution < -0.4 is 10.5 Å². The summed E-state index contributed by atoms with van der Waals surface area (Å²) in [6.07, 6.45) is 0. The zero-order valence-corrected chi connectivity index (χ0v) is 16.1. The Bertz CT molecular complexity index is 1090. The van der Waals surface area contributed by atoms with Crippen LogP contribution in [-0.2, 0) is 13.6 Å². The maximum absolute atomic E-state index is 13.9. The van der Waals surface area contributed by atoms with Gasteiger partial charge in [-0.1, -0.05) is 17.7 Å². The van der Waals surface area contributed by atoms with Gasteiger partial charge in [-0.05, 0) is 18.2 Å². The van der Waals surface area contributed by atoms with Crippen molar-refractivity contribution in [2.75, 3.05) is 31.1 Å². The van der Waals surface area contributed by atoms with E-state index in [1.165, 1.54) is 12.1 Å². The molecule has 4 rings (SSSR count). The molecule has 1 aliphatic rings. The minimum Gasteiger partial charge on any atom is -0.367 e. The molecule has 1 fully saturated rings. The minimum absolute atomic E-state index is 0.109. The van der Waals surface area contributed by atoms with Gasteiger partial charge in [-0.25, -0.2) is 13.8 Å². The topological polar surface area (TPSA) is 41.4 Å². The summed E-state index contributed by atoms with van der Waals surface area (Å²) in [5, 5.41) is 0.373. The largest absolute Gasteiger partial charge is 0.367 e. The highest BCUT2D eigenvalue weighted by molar-refractivity contribution is 6.29. The highest BCUT2D eigenvalue weighted by Gasteiger charge is 2.21. The Hall–Kier alpha value is -2.51. The zero-order valence-electron chi connectivity index (χ0n) is 15.3. The lowest BCUT2D eigenvalue weighted by Gasteiger charge is -2.36. The highest BCUT2D eigenvalue weighted by Crippen LogP contribution is 2.26. The SMILES string of the molecule is Cn1c(=O)cc(N2CCN(Cc3ccc(F)cc3F)CC2)c2nc(Cl)ccc21. The number of piperazine rings is 1. The van der Waals surface area contributed by atoms with Gasteiger partial charge in [0.05, 0.1) is 11.2 Å². The van der Waals surface area contributed by atoms with Gasteiger partial charge in [0.2, 0.25) is 0 Å². The highest BCUT2D eigenvalue weighted by atomic mass is 35.5. The van der Waals surface area contributed by atoms with Crippen LogP contribution in [0, 0.1) is 11.6 Å². The molecule has 0 radical (unpaired) electrons. The van der Waals surface area contributed by atoms with Crippen molar-refractivity contribution in [3.63, 3.8) is 0 Å². The summed E-state index contributed by atoms with van der Waals surface area (Å²) in [7, 11) is 1.71. The standard InChI is InChI=1S/C20H19ClF2N4O/c1-25-16-4-5-18(21)24-20(16)17(11-19(25)28)27-8-6-26(7-9-27)12-13-2-3-14(22)10-15(13)23/h2-5,10-11H,6-9,12H2,1H3. The zero-order chi connectivity index (χ0) is 19.8. The van der Waals surface area contributed by atoms with E-state index < -0.39 is 11.6 Å². The van der Waals surface area contributed by atoms with E-state index in [1.807, 2.05) is 0 Å². The smallest absolute Gasteiger partial charge is 0.252 e. The van der Waals surface area contributed by atoms with Crippen LogP contribution in [0.5, 0.6) is 0 Å². The number of fused-ring (bicyclic) bond motifs is 1. The number of hydrogen-bond acceptors (Lipinski definition) is 4. The summed E-state index contributed by atoms with van der Waals surface area (Å²) in [4.78, 5) is 21.0. The Balaban J connectivity index is 1.55. The van der Waals surface area contributed by atoms with Crippen LogP contribution in [0.25, 0.3) is 11.0 Å². The van der Waals surface area contributed by atoms with Crippen molar-refractivity contribution in [2.24, 2.45) is 7.05 Å². The second-order valence-electron chi connectivity index (χ2n) is 6.93. The van der Waals surface area contributed by atoms with Gasteiger partial charge in [-0.2, -0.15) is 0 Å². The average molecular weight is 405 g/mol. The van der Waals surface area contributed by atoms with Crippen LogP contribution in [-0.4, -0.2) is 40.6 Å². The van der Waals surface area contributed by atoms with Crippen LogP contribution in [0.2, 0.25) is 5.15 Å². The molecular weight excluding hydrogens is 386 g/mol. The van der Waals surface area contributed by atoms with Crippen LogP contribution in [0.3, 0.4) is 0 Å². The fourth-order valence-electron chi connectivity index (χ4n) is 3.57. The first-order valence-corrected chi connectivity index (χ1v) is 9.38. The van der Waals surface area contributed by atoms with Crippen molar-refractivity contribution in [1.29, 1.82) is 0 Å². The molecule has 3 heterocycles. The number of hydrogen-bond donors (Lipinski definition) is 0. The number of benzene rings is 1. The molecule has 0 amide bonds. The lowest BCUT2D eigenvalue weighted by atomic mass is 10.1. The summed E-state index contributed by atoms with van der Waals surface area (Å²) in [5.41, 5.74) is 2.54. The van der Waals surface area contributed by atoms with Crippen molar-refractivity contribution >= 4 is 28.3 Å². The molecule has 0 N–H and O–H groups in total. The Labute approximate surface area is 165 Å². The fraction of sp³-hybridized carbons (Fsp3) is 0.300. The van der Waals surface area contributed by atoms with E-state index in [0.717, 1.165) is 17.3 Å². The quantitative estimate of drug-likeness (QED) is 0.629. The Morgan fingerprint density at radius 2 is 1.82 bits per heavy atom. The number of rotatable bonds is 3. The number of pyridine rings is 2. The van der Waals surface area contributed by atoms with Crippen molar-refractivity contribution in [3.05, 3.63) is 69.1 Å². The maximum Gasteiger partial charge on any atom is 0.252 e. The predicted molar refractivity (Wildman–Crippen MR) is 106 cm³/mol. The first kappa shape index (κ1) is 18.8. The van der Waals surface area contributed by atoms with Gasteiger partial charge in [0, 0.05) is 57.5 Å². The summed E-state index contributed by atoms with van der Waals surface area (Å²) in [6.45, 7) is 3.13. The lowest BCUT2D eigenvalue weighted by molar-refractivity contribution is 0.246. The third kappa shape index (κ3) is 3.59. The van der Waals surface area contributed by atoms with E-state index in [9.17, 15) is 13.6 Å². The van der Waals surface area contributed by atoms with Crippen molar-refractivity contribution in [1.82, 2.24) is 14.5 Å². The third-order valence-electron chi connectivity index (χ3n) is 5.16. The normalized spacial score (nSPS) is 15.4. The van der Waals surface area contributed by atoms with Gasteiger partial charge in [-0.15, -0.1) is 0 Å². The Morgan fingerprint density at radius 1 is 1.07 bits per heavy atom. The van der Waals surface area contributed by atoms with Gasteiger partial charge in [0.15, 0.2) is 0 Å². The van der Waals surface area contributed by atoms with Gasteiger partial charge < -0.3 is 9.47 Å². The van der Waals surface area contributed by atoms with E-state index in [2.05, 4.69) is 14.8 Å². The molecule has 3 aromatic rings. The van der Waals surface area contributed by atoms with E-state index in [-0.39, 0.29) is 5.56 Å². The lowest BCUT2D eigenvalue weighted by Crippen LogP contribution is -2.46. The number of anilines is 1. The predicted octanol–water partition coefficient (Wildman–Crippen LogP) is 3.19. The summed E-state index contributed by atoms with van der Waals surface area (Å²) in [5.74, 6) is -1.10. The van der Waals surface area contributed by atoms with Crippen LogP contribution in [0.15, 0.2) is 41.2 Å². The first-order valence-electron chi connectivity index (χ1n) is 9.00. The van der Waals surface area contributed by atoms with Crippen molar-refractivity contribution in [2.45, 2.75) is 6.54 Å². The molecule has 2 aromatic heterocycles. The maximum atomic E-state index is 13.9. The van der Waals surface area contributed by atoms with Crippen molar-refractivity contribution in [3.8, 4) is 0 Å². The second kappa shape index (κ2) is 7.48. The van der Waals surface area contributed by atoms with E-state index in [0.29, 0.717) is 49.0 Å². The number of aryl methyl sites for hydroxylation is 1. The molecule has 1 aliphatic heterocycles. The van der Waals surface area contributed by atoms with E-state index >= 15 is 0 Å². The average Bonchev–Trinajstić information content (AvgIpc) is 2.67. The summed E-state index contributed by atoms with van der Waals surface area (Å²) in [6, 6.07) is 8.71. The minimum atomic E-state index is -0.574. The second-order valence-corrected chi connectivity index (χ2v) is 7.31.